The number of carbonyl (C=O) groups is 2. The maximum Gasteiger partial charge on any atom is 0.416 e. The number of hydrogen-bond acceptors (Lipinski definition) is 3. The van der Waals surface area contributed by atoms with Crippen LogP contribution in [0.15, 0.2) is 29.8 Å². The van der Waals surface area contributed by atoms with Crippen LogP contribution >= 0.6 is 0 Å². The molecule has 0 fully saturated rings. The topological polar surface area (TPSA) is 69.2 Å². The number of carboxylic acid groups (broad SMARTS) is 1. The maximum absolute atomic E-state index is 12.9. The van der Waals surface area contributed by atoms with E-state index in [2.05, 4.69) is 0 Å². The summed E-state index contributed by atoms with van der Waals surface area (Å²) < 4.78 is 77.5. The summed E-state index contributed by atoms with van der Waals surface area (Å²) >= 11 is 0. The van der Waals surface area contributed by atoms with Crippen molar-refractivity contribution >= 4 is 17.6 Å². The molecule has 1 amide bonds. The van der Waals surface area contributed by atoms with Gasteiger partial charge < -0.3 is 15.2 Å². The van der Waals surface area contributed by atoms with Crippen molar-refractivity contribution in [2.45, 2.75) is 44.5 Å². The molecule has 1 aliphatic carbocycles. The van der Waals surface area contributed by atoms with Crippen LogP contribution in [0.25, 0.3) is 0 Å². The Kier molecular flexibility index (Phi) is 6.41. The lowest BCUT2D eigenvalue weighted by Gasteiger charge is -2.23. The van der Waals surface area contributed by atoms with Crippen molar-refractivity contribution in [3.8, 4) is 0 Å². The first kappa shape index (κ1) is 21.8. The molecule has 1 aliphatic rings. The predicted octanol–water partition coefficient (Wildman–Crippen LogP) is 3.92. The molecule has 1 atom stereocenters. The van der Waals surface area contributed by atoms with Crippen molar-refractivity contribution in [2.24, 2.45) is 5.92 Å². The highest BCUT2D eigenvalue weighted by Gasteiger charge is 2.37. The van der Waals surface area contributed by atoms with Crippen LogP contribution in [0.3, 0.4) is 0 Å². The average Bonchev–Trinajstić information content (AvgIpc) is 2.58. The second-order valence-electron chi connectivity index (χ2n) is 6.44. The standard InChI is InChI=1S/C18H17F6NO3/c19-17(20,21)11-6-12(18(22,23)24)8-13(7-11)25-16(28)14(9-15(26)27)10-4-2-1-3-5-10/h4,6-8,14H,1-3,5,9H2,(H,25,28)(H,26,27)/p-1/t14-/m0/s1. The van der Waals surface area contributed by atoms with Crippen molar-refractivity contribution in [1.29, 1.82) is 0 Å². The minimum absolute atomic E-state index is 0.0576. The summed E-state index contributed by atoms with van der Waals surface area (Å²) in [5.41, 5.74) is -3.39. The number of nitrogens with one attached hydrogen (secondary N) is 1. The van der Waals surface area contributed by atoms with Gasteiger partial charge in [-0.2, -0.15) is 26.3 Å². The molecule has 1 aromatic carbocycles. The van der Waals surface area contributed by atoms with Gasteiger partial charge >= 0.3 is 12.4 Å². The number of halogens is 6. The first-order chi connectivity index (χ1) is 12.9. The fourth-order valence-electron chi connectivity index (χ4n) is 2.99. The lowest BCUT2D eigenvalue weighted by Crippen LogP contribution is -2.33. The summed E-state index contributed by atoms with van der Waals surface area (Å²) in [4.78, 5) is 23.4. The summed E-state index contributed by atoms with van der Waals surface area (Å²) in [5, 5.41) is 13.0. The number of anilines is 1. The Morgan fingerprint density at radius 2 is 1.57 bits per heavy atom. The first-order valence-corrected chi connectivity index (χ1v) is 8.37. The predicted molar refractivity (Wildman–Crippen MR) is 84.7 cm³/mol. The Balaban J connectivity index is 2.36. The molecule has 4 nitrogen and oxygen atoms in total. The third kappa shape index (κ3) is 5.74. The molecule has 0 aliphatic heterocycles. The molecule has 0 unspecified atom stereocenters. The van der Waals surface area contributed by atoms with Crippen molar-refractivity contribution in [3.63, 3.8) is 0 Å². The maximum atomic E-state index is 12.9. The van der Waals surface area contributed by atoms with Gasteiger partial charge in [0.1, 0.15) is 0 Å². The van der Waals surface area contributed by atoms with E-state index in [4.69, 9.17) is 0 Å². The van der Waals surface area contributed by atoms with E-state index < -0.39 is 53.4 Å². The van der Waals surface area contributed by atoms with Gasteiger partial charge in [-0.3, -0.25) is 4.79 Å². The molecule has 28 heavy (non-hydrogen) atoms. The molecule has 0 saturated heterocycles. The molecular formula is C18H16F6NO3-. The normalized spacial score (nSPS) is 16.3. The quantitative estimate of drug-likeness (QED) is 0.593. The van der Waals surface area contributed by atoms with E-state index in [1.165, 1.54) is 0 Å². The van der Waals surface area contributed by atoms with E-state index in [9.17, 15) is 41.0 Å². The highest BCUT2D eigenvalue weighted by atomic mass is 19.4. The number of hydrogen-bond donors (Lipinski definition) is 1. The summed E-state index contributed by atoms with van der Waals surface area (Å²) in [6, 6.07) is 0.689. The zero-order valence-electron chi connectivity index (χ0n) is 14.4. The van der Waals surface area contributed by atoms with Crippen molar-refractivity contribution in [2.75, 3.05) is 5.32 Å². The SMILES string of the molecule is O=C([O-])C[C@H](C(=O)Nc1cc(C(F)(F)F)cc(C(F)(F)F)c1)C1=CCCCC1. The van der Waals surface area contributed by atoms with Crippen LogP contribution in [0.4, 0.5) is 32.0 Å². The third-order valence-corrected chi connectivity index (χ3v) is 4.32. The zero-order chi connectivity index (χ0) is 21.1. The van der Waals surface area contributed by atoms with Crippen molar-refractivity contribution < 1.29 is 41.0 Å². The Morgan fingerprint density at radius 3 is 2.00 bits per heavy atom. The molecule has 0 radical (unpaired) electrons. The zero-order valence-corrected chi connectivity index (χ0v) is 14.4. The van der Waals surface area contributed by atoms with Crippen LogP contribution < -0.4 is 10.4 Å². The Labute approximate surface area is 156 Å². The minimum atomic E-state index is -5.06. The summed E-state index contributed by atoms with van der Waals surface area (Å²) in [6.07, 6.45) is -6.60. The number of alkyl halides is 6. The molecule has 0 saturated carbocycles. The molecule has 0 heterocycles. The number of aliphatic carboxylic acids is 1. The average molecular weight is 408 g/mol. The Bertz CT molecular complexity index is 750. The number of benzene rings is 1. The van der Waals surface area contributed by atoms with Gasteiger partial charge in [-0.25, -0.2) is 0 Å². The highest BCUT2D eigenvalue weighted by molar-refractivity contribution is 5.96. The smallest absolute Gasteiger partial charge is 0.416 e. The lowest BCUT2D eigenvalue weighted by molar-refractivity contribution is -0.306. The van der Waals surface area contributed by atoms with E-state index in [1.54, 1.807) is 6.08 Å². The summed E-state index contributed by atoms with van der Waals surface area (Å²) in [5.74, 6) is -3.77. The van der Waals surface area contributed by atoms with Crippen LogP contribution in [0.5, 0.6) is 0 Å². The molecule has 0 aromatic heterocycles. The number of carbonyl (C=O) groups excluding carboxylic acids is 2. The molecule has 2 rings (SSSR count). The fourth-order valence-corrected chi connectivity index (χ4v) is 2.99. The van der Waals surface area contributed by atoms with E-state index >= 15 is 0 Å². The molecule has 154 valence electrons. The van der Waals surface area contributed by atoms with Crippen LogP contribution in [-0.4, -0.2) is 11.9 Å². The van der Waals surface area contributed by atoms with Gasteiger partial charge in [-0.15, -0.1) is 0 Å². The van der Waals surface area contributed by atoms with Crippen molar-refractivity contribution in [3.05, 3.63) is 41.0 Å². The largest absolute Gasteiger partial charge is 0.550 e. The van der Waals surface area contributed by atoms with Gasteiger partial charge in [0.25, 0.3) is 0 Å². The minimum Gasteiger partial charge on any atom is -0.550 e. The van der Waals surface area contributed by atoms with Gasteiger partial charge in [0.05, 0.1) is 17.0 Å². The lowest BCUT2D eigenvalue weighted by atomic mass is 9.86. The van der Waals surface area contributed by atoms with Gasteiger partial charge in [-0.05, 0) is 43.9 Å². The second-order valence-corrected chi connectivity index (χ2v) is 6.44. The number of amides is 1. The van der Waals surface area contributed by atoms with Crippen LogP contribution in [0.2, 0.25) is 0 Å². The number of rotatable bonds is 5. The van der Waals surface area contributed by atoms with Crippen LogP contribution in [-0.2, 0) is 21.9 Å². The number of carboxylic acids is 1. The monoisotopic (exact) mass is 408 g/mol. The first-order valence-electron chi connectivity index (χ1n) is 8.37. The van der Waals surface area contributed by atoms with Gasteiger partial charge in [0.15, 0.2) is 0 Å². The molecular weight excluding hydrogens is 392 g/mol. The second kappa shape index (κ2) is 8.24. The van der Waals surface area contributed by atoms with Gasteiger partial charge in [0.2, 0.25) is 5.91 Å². The molecule has 1 N–H and O–H groups in total. The molecule has 1 aromatic rings. The van der Waals surface area contributed by atoms with E-state index in [0.29, 0.717) is 37.0 Å². The van der Waals surface area contributed by atoms with Crippen molar-refractivity contribution in [1.82, 2.24) is 0 Å². The third-order valence-electron chi connectivity index (χ3n) is 4.32. The van der Waals surface area contributed by atoms with Crippen LogP contribution in [0, 0.1) is 5.92 Å². The highest BCUT2D eigenvalue weighted by Crippen LogP contribution is 2.38. The molecule has 10 heteroatoms. The fraction of sp³-hybridized carbons (Fsp3) is 0.444. The van der Waals surface area contributed by atoms with Gasteiger partial charge in [0, 0.05) is 18.1 Å². The molecule has 0 spiro atoms. The molecule has 0 bridgehead atoms. The van der Waals surface area contributed by atoms with E-state index in [-0.39, 0.29) is 6.07 Å². The van der Waals surface area contributed by atoms with Crippen LogP contribution in [0.1, 0.15) is 43.2 Å². The van der Waals surface area contributed by atoms with E-state index in [1.807, 2.05) is 5.32 Å². The summed E-state index contributed by atoms with van der Waals surface area (Å²) in [7, 11) is 0. The van der Waals surface area contributed by atoms with E-state index in [0.717, 1.165) is 6.42 Å². The Morgan fingerprint density at radius 1 is 1.00 bits per heavy atom. The Hall–Kier alpha value is -2.52. The summed E-state index contributed by atoms with van der Waals surface area (Å²) in [6.45, 7) is 0. The van der Waals surface area contributed by atoms with Gasteiger partial charge in [-0.1, -0.05) is 11.6 Å². The number of allylic oxidation sites excluding steroid dienone is 1.